The van der Waals surface area contributed by atoms with Crippen LogP contribution in [0.15, 0.2) is 18.2 Å². The van der Waals surface area contributed by atoms with Crippen molar-refractivity contribution >= 4 is 5.97 Å². The van der Waals surface area contributed by atoms with Gasteiger partial charge in [0.1, 0.15) is 11.3 Å². The second-order valence-electron chi connectivity index (χ2n) is 3.97. The molecule has 0 bridgehead atoms. The molecule has 0 aliphatic heterocycles. The highest BCUT2D eigenvalue weighted by atomic mass is 16.4. The van der Waals surface area contributed by atoms with Gasteiger partial charge in [-0.3, -0.25) is 0 Å². The zero-order chi connectivity index (χ0) is 12.8. The van der Waals surface area contributed by atoms with E-state index in [0.717, 1.165) is 24.8 Å². The monoisotopic (exact) mass is 238 g/mol. The lowest BCUT2D eigenvalue weighted by Crippen LogP contribution is -2.12. The van der Waals surface area contributed by atoms with Crippen molar-refractivity contribution in [2.24, 2.45) is 11.5 Å². The molecule has 1 aromatic rings. The fourth-order valence-electron chi connectivity index (χ4n) is 1.63. The summed E-state index contributed by atoms with van der Waals surface area (Å²) in [5.74, 6) is -1.39. The number of aromatic carboxylic acids is 1. The zero-order valence-corrected chi connectivity index (χ0v) is 9.60. The van der Waals surface area contributed by atoms with E-state index in [2.05, 4.69) is 0 Å². The van der Waals surface area contributed by atoms with Crippen LogP contribution >= 0.6 is 0 Å². The molecule has 94 valence electrons. The Morgan fingerprint density at radius 2 is 2.06 bits per heavy atom. The number of benzene rings is 1. The molecular formula is C12H18N2O3. The smallest absolute Gasteiger partial charge is 0.339 e. The van der Waals surface area contributed by atoms with Gasteiger partial charge in [0.15, 0.2) is 0 Å². The molecule has 0 saturated carbocycles. The topological polar surface area (TPSA) is 110 Å². The van der Waals surface area contributed by atoms with Gasteiger partial charge in [-0.15, -0.1) is 0 Å². The third-order valence-electron chi connectivity index (χ3n) is 2.65. The van der Waals surface area contributed by atoms with Crippen molar-refractivity contribution in [1.29, 1.82) is 0 Å². The molecule has 5 heteroatoms. The van der Waals surface area contributed by atoms with E-state index in [1.165, 1.54) is 12.1 Å². The van der Waals surface area contributed by atoms with E-state index in [1.807, 2.05) is 0 Å². The van der Waals surface area contributed by atoms with Gasteiger partial charge in [-0.2, -0.15) is 0 Å². The Labute approximate surface area is 100 Å². The van der Waals surface area contributed by atoms with Crippen molar-refractivity contribution in [3.05, 3.63) is 29.3 Å². The number of hydrogen-bond acceptors (Lipinski definition) is 4. The number of carboxylic acids is 1. The molecule has 0 saturated heterocycles. The maximum absolute atomic E-state index is 10.8. The number of hydrogen-bond donors (Lipinski definition) is 4. The van der Waals surface area contributed by atoms with Crippen LogP contribution in [-0.4, -0.2) is 22.7 Å². The Bertz CT molecular complexity index is 393. The Kier molecular flexibility index (Phi) is 4.93. The average molecular weight is 238 g/mol. The van der Waals surface area contributed by atoms with Crippen molar-refractivity contribution in [2.75, 3.05) is 6.54 Å². The van der Waals surface area contributed by atoms with E-state index in [9.17, 15) is 9.90 Å². The minimum Gasteiger partial charge on any atom is -0.507 e. The number of carbonyl (C=O) groups is 1. The van der Waals surface area contributed by atoms with E-state index in [1.54, 1.807) is 6.07 Å². The van der Waals surface area contributed by atoms with Gasteiger partial charge in [0.05, 0.1) is 0 Å². The molecule has 0 aromatic heterocycles. The fraction of sp³-hybridized carbons (Fsp3) is 0.417. The summed E-state index contributed by atoms with van der Waals surface area (Å²) in [7, 11) is 0. The third-order valence-corrected chi connectivity index (χ3v) is 2.65. The number of aromatic hydroxyl groups is 1. The summed E-state index contributed by atoms with van der Waals surface area (Å²) >= 11 is 0. The molecule has 0 unspecified atom stereocenters. The first-order valence-corrected chi connectivity index (χ1v) is 5.58. The summed E-state index contributed by atoms with van der Waals surface area (Å²) in [4.78, 5) is 10.8. The Morgan fingerprint density at radius 3 is 2.65 bits per heavy atom. The Morgan fingerprint density at radius 1 is 1.35 bits per heavy atom. The highest BCUT2D eigenvalue weighted by molar-refractivity contribution is 5.90. The first-order valence-electron chi connectivity index (χ1n) is 5.58. The second kappa shape index (κ2) is 6.22. The average Bonchev–Trinajstić information content (AvgIpc) is 2.29. The van der Waals surface area contributed by atoms with E-state index < -0.39 is 5.97 Å². The van der Waals surface area contributed by atoms with Crippen LogP contribution < -0.4 is 11.5 Å². The van der Waals surface area contributed by atoms with Gasteiger partial charge < -0.3 is 21.7 Å². The summed E-state index contributed by atoms with van der Waals surface area (Å²) in [6.45, 7) is 0.628. The van der Waals surface area contributed by atoms with Crippen molar-refractivity contribution in [3.63, 3.8) is 0 Å². The lowest BCUT2D eigenvalue weighted by atomic mass is 9.99. The molecule has 17 heavy (non-hydrogen) atoms. The summed E-state index contributed by atoms with van der Waals surface area (Å²) in [6, 6.07) is 4.21. The Hall–Kier alpha value is -1.59. The van der Waals surface area contributed by atoms with Crippen LogP contribution in [0.2, 0.25) is 0 Å². The highest BCUT2D eigenvalue weighted by Gasteiger charge is 2.13. The lowest BCUT2D eigenvalue weighted by molar-refractivity contribution is 0.0693. The summed E-state index contributed by atoms with van der Waals surface area (Å²) in [5.41, 5.74) is 11.9. The van der Waals surface area contributed by atoms with E-state index in [-0.39, 0.29) is 17.4 Å². The SMILES string of the molecule is NCCCC[C@H](N)c1ccc(O)c(C(=O)O)c1. The van der Waals surface area contributed by atoms with Crippen LogP contribution in [0.3, 0.4) is 0 Å². The number of nitrogens with two attached hydrogens (primary N) is 2. The molecule has 1 aromatic carbocycles. The molecule has 0 amide bonds. The molecule has 0 radical (unpaired) electrons. The van der Waals surface area contributed by atoms with Crippen LogP contribution in [0.5, 0.6) is 5.75 Å². The van der Waals surface area contributed by atoms with Gasteiger partial charge in [-0.05, 0) is 37.1 Å². The normalized spacial score (nSPS) is 12.4. The van der Waals surface area contributed by atoms with Crippen LogP contribution in [0.1, 0.15) is 41.2 Å². The maximum atomic E-state index is 10.8. The number of unbranched alkanes of at least 4 members (excludes halogenated alkanes) is 1. The minimum atomic E-state index is -1.15. The quantitative estimate of drug-likeness (QED) is 0.557. The lowest BCUT2D eigenvalue weighted by Gasteiger charge is -2.12. The van der Waals surface area contributed by atoms with Crippen molar-refractivity contribution < 1.29 is 15.0 Å². The largest absolute Gasteiger partial charge is 0.507 e. The summed E-state index contributed by atoms with van der Waals surface area (Å²) in [6.07, 6.45) is 2.56. The van der Waals surface area contributed by atoms with Crippen LogP contribution in [-0.2, 0) is 0 Å². The molecular weight excluding hydrogens is 220 g/mol. The molecule has 0 aliphatic rings. The zero-order valence-electron chi connectivity index (χ0n) is 9.60. The fourth-order valence-corrected chi connectivity index (χ4v) is 1.63. The Balaban J connectivity index is 2.77. The van der Waals surface area contributed by atoms with Gasteiger partial charge in [0.2, 0.25) is 0 Å². The molecule has 0 aliphatic carbocycles. The number of carboxylic acid groups (broad SMARTS) is 1. The van der Waals surface area contributed by atoms with E-state index in [4.69, 9.17) is 16.6 Å². The molecule has 1 atom stereocenters. The predicted octanol–water partition coefficient (Wildman–Crippen LogP) is 1.22. The highest BCUT2D eigenvalue weighted by Crippen LogP contribution is 2.23. The molecule has 1 rings (SSSR count). The van der Waals surface area contributed by atoms with Gasteiger partial charge in [-0.1, -0.05) is 12.5 Å². The molecule has 0 fully saturated rings. The van der Waals surface area contributed by atoms with Gasteiger partial charge in [0.25, 0.3) is 0 Å². The van der Waals surface area contributed by atoms with Gasteiger partial charge >= 0.3 is 5.97 Å². The van der Waals surface area contributed by atoms with Crippen molar-refractivity contribution in [1.82, 2.24) is 0 Å². The van der Waals surface area contributed by atoms with Gasteiger partial charge in [-0.25, -0.2) is 4.79 Å². The minimum absolute atomic E-state index is 0.114. The van der Waals surface area contributed by atoms with Crippen molar-refractivity contribution in [3.8, 4) is 5.75 Å². The number of rotatable bonds is 6. The van der Waals surface area contributed by atoms with Crippen molar-refractivity contribution in [2.45, 2.75) is 25.3 Å². The maximum Gasteiger partial charge on any atom is 0.339 e. The standard InChI is InChI=1S/C12H18N2O3/c13-6-2-1-3-10(14)8-4-5-11(15)9(7-8)12(16)17/h4-5,7,10,15H,1-3,6,13-14H2,(H,16,17)/t10-/m0/s1. The number of phenols is 1. The molecule has 0 heterocycles. The summed E-state index contributed by atoms with van der Waals surface area (Å²) < 4.78 is 0. The second-order valence-corrected chi connectivity index (χ2v) is 3.97. The van der Waals surface area contributed by atoms with Crippen LogP contribution in [0.25, 0.3) is 0 Å². The van der Waals surface area contributed by atoms with Gasteiger partial charge in [0, 0.05) is 6.04 Å². The van der Waals surface area contributed by atoms with Crippen LogP contribution in [0, 0.1) is 0 Å². The molecule has 0 spiro atoms. The predicted molar refractivity (Wildman–Crippen MR) is 64.9 cm³/mol. The van der Waals surface area contributed by atoms with Crippen LogP contribution in [0.4, 0.5) is 0 Å². The van der Waals surface area contributed by atoms with E-state index in [0.29, 0.717) is 6.54 Å². The summed E-state index contributed by atoms with van der Waals surface area (Å²) in [5, 5.41) is 18.2. The first-order chi connectivity index (χ1) is 8.06. The first kappa shape index (κ1) is 13.5. The molecule has 5 nitrogen and oxygen atoms in total. The van der Waals surface area contributed by atoms with E-state index >= 15 is 0 Å². The third kappa shape index (κ3) is 3.72. The molecule has 6 N–H and O–H groups in total.